The Morgan fingerprint density at radius 2 is 0.764 bits per heavy atom. The number of nitrogens with zero attached hydrogens (tertiary/aromatic N) is 2. The summed E-state index contributed by atoms with van der Waals surface area (Å²) in [6.45, 7) is 0. The highest BCUT2D eigenvalue weighted by Crippen LogP contribution is 2.43. The Morgan fingerprint density at radius 1 is 0.278 bits per heavy atom. The molecule has 336 valence electrons. The minimum atomic E-state index is 1.05. The molecule has 2 nitrogen and oxygen atoms in total. The van der Waals surface area contributed by atoms with Crippen molar-refractivity contribution < 1.29 is 0 Å². The Hall–Kier alpha value is -8.54. The first-order valence-corrected chi connectivity index (χ1v) is 26.1. The normalized spacial score (nSPS) is 12.0. The number of para-hydroxylation sites is 2. The first kappa shape index (κ1) is 41.3. The zero-order valence-corrected chi connectivity index (χ0v) is 41.3. The number of thiophene rings is 1. The van der Waals surface area contributed by atoms with Gasteiger partial charge in [0.15, 0.2) is 0 Å². The van der Waals surface area contributed by atoms with Gasteiger partial charge < -0.3 is 9.13 Å². The molecule has 0 aliphatic rings. The van der Waals surface area contributed by atoms with Gasteiger partial charge in [-0.1, -0.05) is 174 Å². The van der Waals surface area contributed by atoms with E-state index in [4.69, 9.17) is 0 Å². The Morgan fingerprint density at radius 3 is 1.43 bits per heavy atom. The zero-order valence-electron chi connectivity index (χ0n) is 38.9. The van der Waals surface area contributed by atoms with Crippen molar-refractivity contribution in [1.82, 2.24) is 9.13 Å². The van der Waals surface area contributed by atoms with Gasteiger partial charge in [-0.25, -0.2) is 0 Å². The number of fused-ring (bicyclic) bond motifs is 12. The molecule has 4 heteroatoms. The third-order valence-electron chi connectivity index (χ3n) is 15.0. The lowest BCUT2D eigenvalue weighted by Crippen LogP contribution is -1.94. The highest BCUT2D eigenvalue weighted by atomic mass is 79.9. The number of benzene rings is 12. The summed E-state index contributed by atoms with van der Waals surface area (Å²) in [6.07, 6.45) is 0. The van der Waals surface area contributed by atoms with Gasteiger partial charge in [0.2, 0.25) is 0 Å². The van der Waals surface area contributed by atoms with E-state index in [1.807, 2.05) is 11.3 Å². The van der Waals surface area contributed by atoms with E-state index in [1.54, 1.807) is 0 Å². The summed E-state index contributed by atoms with van der Waals surface area (Å²) in [5.41, 5.74) is 16.7. The zero-order chi connectivity index (χ0) is 47.4. The van der Waals surface area contributed by atoms with Crippen LogP contribution in [-0.2, 0) is 0 Å². The first-order valence-electron chi connectivity index (χ1n) is 24.5. The quantitative estimate of drug-likeness (QED) is 0.147. The van der Waals surface area contributed by atoms with Crippen LogP contribution in [0.3, 0.4) is 0 Å². The molecule has 0 bridgehead atoms. The van der Waals surface area contributed by atoms with E-state index >= 15 is 0 Å². The van der Waals surface area contributed by atoms with Crippen molar-refractivity contribution in [2.75, 3.05) is 0 Å². The SMILES string of the molecule is Brc1cc(-c2ccc3c(c2)c2ccccc2n3-c2ccc(-c3ccc4c(ccc5ccccc54)c3)cc2)cc(-c2ccc3c(c2)c2ccccc2n3-c2ccc(-c3cccc4c3sc3ccccc34)cc2)c1. The van der Waals surface area contributed by atoms with E-state index in [2.05, 4.69) is 274 Å². The molecule has 15 aromatic rings. The Labute approximate surface area is 428 Å². The van der Waals surface area contributed by atoms with Gasteiger partial charge in [-0.05, 0) is 157 Å². The van der Waals surface area contributed by atoms with Crippen LogP contribution < -0.4 is 0 Å². The third-order valence-corrected chi connectivity index (χ3v) is 16.6. The Bertz CT molecular complexity index is 4690. The van der Waals surface area contributed by atoms with Gasteiger partial charge in [0.05, 0.1) is 22.1 Å². The van der Waals surface area contributed by atoms with Crippen LogP contribution in [0, 0.1) is 0 Å². The second kappa shape index (κ2) is 16.3. The van der Waals surface area contributed by atoms with E-state index in [9.17, 15) is 0 Å². The van der Waals surface area contributed by atoms with Crippen molar-refractivity contribution in [3.8, 4) is 55.9 Å². The largest absolute Gasteiger partial charge is 0.309 e. The predicted molar refractivity (Wildman–Crippen MR) is 312 cm³/mol. The molecule has 0 saturated carbocycles. The first-order chi connectivity index (χ1) is 35.6. The van der Waals surface area contributed by atoms with E-state index in [0.717, 1.165) is 15.8 Å². The third kappa shape index (κ3) is 6.53. The van der Waals surface area contributed by atoms with Crippen LogP contribution in [0.2, 0.25) is 0 Å². The van der Waals surface area contributed by atoms with Gasteiger partial charge in [-0.15, -0.1) is 11.3 Å². The van der Waals surface area contributed by atoms with Crippen LogP contribution in [0.1, 0.15) is 0 Å². The fourth-order valence-electron chi connectivity index (χ4n) is 11.5. The maximum atomic E-state index is 3.94. The molecule has 12 aromatic carbocycles. The molecule has 0 fully saturated rings. The minimum absolute atomic E-state index is 1.05. The molecule has 0 spiro atoms. The molecule has 0 aliphatic heterocycles. The molecule has 0 amide bonds. The average molecular weight is 998 g/mol. The second-order valence-corrected chi connectivity index (χ2v) is 21.0. The molecule has 3 heterocycles. The molecular weight excluding hydrogens is 957 g/mol. The van der Waals surface area contributed by atoms with E-state index in [0.29, 0.717) is 0 Å². The molecule has 0 saturated heterocycles. The van der Waals surface area contributed by atoms with Crippen LogP contribution in [-0.4, -0.2) is 9.13 Å². The topological polar surface area (TPSA) is 9.86 Å². The molecule has 0 aliphatic carbocycles. The molecular formula is C68H41BrN2S. The number of rotatable bonds is 6. The van der Waals surface area contributed by atoms with Gasteiger partial charge in [0.25, 0.3) is 0 Å². The number of hydrogen-bond acceptors (Lipinski definition) is 1. The summed E-state index contributed by atoms with van der Waals surface area (Å²) in [4.78, 5) is 0. The van der Waals surface area contributed by atoms with Crippen molar-refractivity contribution in [3.05, 3.63) is 253 Å². The average Bonchev–Trinajstić information content (AvgIpc) is 4.10. The fourth-order valence-corrected chi connectivity index (χ4v) is 13.3. The van der Waals surface area contributed by atoms with Crippen LogP contribution in [0.5, 0.6) is 0 Å². The predicted octanol–water partition coefficient (Wildman–Crippen LogP) is 20.0. The lowest BCUT2D eigenvalue weighted by atomic mass is 9.97. The summed E-state index contributed by atoms with van der Waals surface area (Å²) in [7, 11) is 0. The lowest BCUT2D eigenvalue weighted by molar-refractivity contribution is 1.18. The van der Waals surface area contributed by atoms with Gasteiger partial charge in [-0.3, -0.25) is 0 Å². The van der Waals surface area contributed by atoms with Crippen LogP contribution in [0.25, 0.3) is 141 Å². The van der Waals surface area contributed by atoms with Crippen LogP contribution >= 0.6 is 27.3 Å². The Balaban J connectivity index is 0.771. The standard InChI is InChI=1S/C68H41BrN2S/c69-51-38-49(46-27-34-65-61(40-46)57-12-3-6-17-63(57)70(65)52-29-22-42(23-30-52)45-26-33-55-48(36-45)21-20-43-10-1-2-11-54(43)55)37-50(39-51)47-28-35-66-62(41-47)58-13-4-7-18-64(58)71(66)53-31-24-44(25-32-53)56-15-9-16-60-59-14-5-8-19-67(59)72-68(56)60/h1-41H. The molecule has 0 radical (unpaired) electrons. The monoisotopic (exact) mass is 996 g/mol. The van der Waals surface area contributed by atoms with Crippen molar-refractivity contribution in [1.29, 1.82) is 0 Å². The van der Waals surface area contributed by atoms with Crippen molar-refractivity contribution >= 4 is 113 Å². The van der Waals surface area contributed by atoms with Crippen molar-refractivity contribution in [2.45, 2.75) is 0 Å². The van der Waals surface area contributed by atoms with E-state index in [1.165, 1.54) is 130 Å². The highest BCUT2D eigenvalue weighted by Gasteiger charge is 2.18. The molecule has 0 N–H and O–H groups in total. The summed E-state index contributed by atoms with van der Waals surface area (Å²) in [5, 5.41) is 12.7. The van der Waals surface area contributed by atoms with Gasteiger partial charge in [0.1, 0.15) is 0 Å². The maximum Gasteiger partial charge on any atom is 0.0541 e. The molecule has 3 aromatic heterocycles. The van der Waals surface area contributed by atoms with Crippen LogP contribution in [0.4, 0.5) is 0 Å². The minimum Gasteiger partial charge on any atom is -0.309 e. The number of halogens is 1. The number of aromatic nitrogens is 2. The van der Waals surface area contributed by atoms with Gasteiger partial charge in [-0.2, -0.15) is 0 Å². The molecule has 0 unspecified atom stereocenters. The molecule has 72 heavy (non-hydrogen) atoms. The van der Waals surface area contributed by atoms with Gasteiger partial charge in [0, 0.05) is 57.6 Å². The number of hydrogen-bond donors (Lipinski definition) is 0. The second-order valence-electron chi connectivity index (χ2n) is 19.0. The van der Waals surface area contributed by atoms with E-state index in [-0.39, 0.29) is 0 Å². The summed E-state index contributed by atoms with van der Waals surface area (Å²) >= 11 is 5.82. The fraction of sp³-hybridized carbons (Fsp3) is 0. The van der Waals surface area contributed by atoms with Crippen molar-refractivity contribution in [2.24, 2.45) is 0 Å². The van der Waals surface area contributed by atoms with Crippen molar-refractivity contribution in [3.63, 3.8) is 0 Å². The summed E-state index contributed by atoms with van der Waals surface area (Å²) < 4.78 is 8.53. The van der Waals surface area contributed by atoms with Gasteiger partial charge >= 0.3 is 0 Å². The smallest absolute Gasteiger partial charge is 0.0541 e. The molecule has 15 rings (SSSR count). The van der Waals surface area contributed by atoms with E-state index < -0.39 is 0 Å². The highest BCUT2D eigenvalue weighted by molar-refractivity contribution is 9.10. The lowest BCUT2D eigenvalue weighted by Gasteiger charge is -2.12. The maximum absolute atomic E-state index is 3.94. The Kier molecular flexibility index (Phi) is 9.32. The summed E-state index contributed by atoms with van der Waals surface area (Å²) in [6, 6.07) is 91.9. The van der Waals surface area contributed by atoms with Crippen LogP contribution in [0.15, 0.2) is 253 Å². The molecule has 0 atom stereocenters. The summed E-state index contributed by atoms with van der Waals surface area (Å²) in [5.74, 6) is 0.